The molecule has 0 radical (unpaired) electrons. The third kappa shape index (κ3) is 4.15. The first-order valence-corrected chi connectivity index (χ1v) is 8.98. The van der Waals surface area contributed by atoms with Crippen molar-refractivity contribution < 1.29 is 18.3 Å². The number of carbonyl (C=O) groups is 1. The molecule has 0 aromatic heterocycles. The van der Waals surface area contributed by atoms with Crippen molar-refractivity contribution in [3.8, 4) is 0 Å². The largest absolute Gasteiger partial charge is 0.480 e. The number of hydrogen-bond donors (Lipinski definition) is 2. The summed E-state index contributed by atoms with van der Waals surface area (Å²) in [6, 6.07) is -0.278. The Balaban J connectivity index is 1.94. The highest BCUT2D eigenvalue weighted by molar-refractivity contribution is 7.87. The maximum Gasteiger partial charge on any atom is 0.322 e. The van der Waals surface area contributed by atoms with Gasteiger partial charge in [-0.05, 0) is 46.1 Å². The van der Waals surface area contributed by atoms with Gasteiger partial charge in [-0.3, -0.25) is 9.69 Å². The Kier molecular flexibility index (Phi) is 5.24. The zero-order valence-electron chi connectivity index (χ0n) is 12.7. The summed E-state index contributed by atoms with van der Waals surface area (Å²) in [7, 11) is -1.74. The molecule has 21 heavy (non-hydrogen) atoms. The van der Waals surface area contributed by atoms with E-state index in [0.29, 0.717) is 25.4 Å². The molecule has 0 amide bonds. The molecule has 0 bridgehead atoms. The van der Waals surface area contributed by atoms with Crippen LogP contribution in [0, 0.1) is 0 Å². The number of carboxylic acid groups (broad SMARTS) is 1. The van der Waals surface area contributed by atoms with Crippen molar-refractivity contribution in [1.82, 2.24) is 13.9 Å². The van der Waals surface area contributed by atoms with E-state index in [1.165, 1.54) is 12.8 Å². The minimum absolute atomic E-state index is 0.0975. The van der Waals surface area contributed by atoms with Gasteiger partial charge in [-0.1, -0.05) is 0 Å². The van der Waals surface area contributed by atoms with Crippen LogP contribution in [-0.2, 0) is 15.0 Å². The molecule has 0 spiro atoms. The number of nitrogens with zero attached hydrogens (tertiary/aromatic N) is 2. The molecule has 122 valence electrons. The fourth-order valence-electron chi connectivity index (χ4n) is 2.73. The molecule has 2 fully saturated rings. The van der Waals surface area contributed by atoms with Gasteiger partial charge in [0.15, 0.2) is 0 Å². The second-order valence-electron chi connectivity index (χ2n) is 6.06. The number of aliphatic carboxylic acids is 1. The van der Waals surface area contributed by atoms with Gasteiger partial charge in [-0.15, -0.1) is 0 Å². The smallest absolute Gasteiger partial charge is 0.322 e. The average Bonchev–Trinajstić information content (AvgIpc) is 3.28. The van der Waals surface area contributed by atoms with E-state index in [-0.39, 0.29) is 12.6 Å². The molecule has 2 aliphatic rings. The molecule has 1 heterocycles. The second-order valence-corrected chi connectivity index (χ2v) is 7.77. The number of hydrogen-bond acceptors (Lipinski definition) is 4. The molecule has 8 heteroatoms. The number of carboxylic acids is 1. The van der Waals surface area contributed by atoms with Crippen molar-refractivity contribution in [3.63, 3.8) is 0 Å². The van der Waals surface area contributed by atoms with Gasteiger partial charge in [0.2, 0.25) is 0 Å². The van der Waals surface area contributed by atoms with Gasteiger partial charge in [-0.25, -0.2) is 4.72 Å². The highest BCUT2D eigenvalue weighted by Crippen LogP contribution is 2.27. The Hall–Kier alpha value is -0.700. The summed E-state index contributed by atoms with van der Waals surface area (Å²) >= 11 is 0. The van der Waals surface area contributed by atoms with Crippen LogP contribution in [0.2, 0.25) is 0 Å². The molecule has 1 aliphatic carbocycles. The van der Waals surface area contributed by atoms with Crippen LogP contribution in [0.3, 0.4) is 0 Å². The van der Waals surface area contributed by atoms with Gasteiger partial charge in [0.25, 0.3) is 10.2 Å². The summed E-state index contributed by atoms with van der Waals surface area (Å²) < 4.78 is 28.4. The van der Waals surface area contributed by atoms with Crippen molar-refractivity contribution in [2.75, 3.05) is 20.1 Å². The molecule has 2 atom stereocenters. The minimum atomic E-state index is -3.74. The highest BCUT2D eigenvalue weighted by Gasteiger charge is 2.37. The zero-order valence-corrected chi connectivity index (χ0v) is 13.5. The first kappa shape index (κ1) is 16.7. The molecular weight excluding hydrogens is 294 g/mol. The summed E-state index contributed by atoms with van der Waals surface area (Å²) in [5.41, 5.74) is 0. The molecule has 1 saturated heterocycles. The van der Waals surface area contributed by atoms with E-state index in [2.05, 4.69) is 9.62 Å². The summed E-state index contributed by atoms with van der Waals surface area (Å²) in [5.74, 6) is -1.07. The van der Waals surface area contributed by atoms with Crippen LogP contribution >= 0.6 is 0 Å². The quantitative estimate of drug-likeness (QED) is 0.702. The summed E-state index contributed by atoms with van der Waals surface area (Å²) in [4.78, 5) is 13.4. The summed E-state index contributed by atoms with van der Waals surface area (Å²) in [6.45, 7) is 2.56. The van der Waals surface area contributed by atoms with E-state index in [0.717, 1.165) is 10.7 Å². The SMILES string of the molecule is CC(CNS(=O)(=O)N1CCCCC1C(=O)O)N(C)C1CC1. The van der Waals surface area contributed by atoms with Crippen LogP contribution < -0.4 is 4.72 Å². The Bertz CT molecular complexity index is 478. The summed E-state index contributed by atoms with van der Waals surface area (Å²) in [5, 5.41) is 9.18. The van der Waals surface area contributed by atoms with E-state index in [1.807, 2.05) is 14.0 Å². The monoisotopic (exact) mass is 319 g/mol. The molecular formula is C13H25N3O4S. The molecule has 2 N–H and O–H groups in total. The van der Waals surface area contributed by atoms with Crippen molar-refractivity contribution >= 4 is 16.2 Å². The lowest BCUT2D eigenvalue weighted by Crippen LogP contribution is -2.53. The lowest BCUT2D eigenvalue weighted by molar-refractivity contribution is -0.142. The predicted molar refractivity (Wildman–Crippen MR) is 79.2 cm³/mol. The van der Waals surface area contributed by atoms with Crippen LogP contribution in [0.4, 0.5) is 0 Å². The van der Waals surface area contributed by atoms with E-state index in [9.17, 15) is 18.3 Å². The van der Waals surface area contributed by atoms with Crippen LogP contribution in [0.1, 0.15) is 39.0 Å². The molecule has 0 aromatic rings. The predicted octanol–water partition coefficient (Wildman–Crippen LogP) is 0.243. The average molecular weight is 319 g/mol. The minimum Gasteiger partial charge on any atom is -0.480 e. The van der Waals surface area contributed by atoms with Crippen LogP contribution in [-0.4, -0.2) is 67.0 Å². The van der Waals surface area contributed by atoms with E-state index in [1.54, 1.807) is 0 Å². The molecule has 1 saturated carbocycles. The highest BCUT2D eigenvalue weighted by atomic mass is 32.2. The lowest BCUT2D eigenvalue weighted by Gasteiger charge is -2.33. The third-order valence-corrected chi connectivity index (χ3v) is 6.01. The number of piperidine rings is 1. The Labute approximate surface area is 126 Å². The van der Waals surface area contributed by atoms with Gasteiger partial charge in [-0.2, -0.15) is 12.7 Å². The Morgan fingerprint density at radius 2 is 2.05 bits per heavy atom. The lowest BCUT2D eigenvalue weighted by atomic mass is 10.1. The topological polar surface area (TPSA) is 90.0 Å². The molecule has 1 aliphatic heterocycles. The zero-order chi connectivity index (χ0) is 15.6. The van der Waals surface area contributed by atoms with Crippen LogP contribution in [0.25, 0.3) is 0 Å². The van der Waals surface area contributed by atoms with Crippen molar-refractivity contribution in [2.24, 2.45) is 0 Å². The van der Waals surface area contributed by atoms with E-state index < -0.39 is 22.2 Å². The maximum atomic E-state index is 12.3. The van der Waals surface area contributed by atoms with Crippen LogP contribution in [0.15, 0.2) is 0 Å². The Morgan fingerprint density at radius 1 is 1.38 bits per heavy atom. The van der Waals surface area contributed by atoms with Gasteiger partial charge in [0, 0.05) is 25.2 Å². The molecule has 7 nitrogen and oxygen atoms in total. The standard InChI is InChI=1S/C13H25N3O4S/c1-10(15(2)11-6-7-11)9-14-21(19,20)16-8-4-3-5-12(16)13(17)18/h10-12,14H,3-9H2,1-2H3,(H,17,18). The third-order valence-electron chi connectivity index (χ3n) is 4.43. The number of likely N-dealkylation sites (N-methyl/N-ethyl adjacent to an activating group) is 1. The van der Waals surface area contributed by atoms with E-state index in [4.69, 9.17) is 0 Å². The first-order chi connectivity index (χ1) is 9.83. The van der Waals surface area contributed by atoms with Gasteiger partial charge in [0.1, 0.15) is 6.04 Å². The van der Waals surface area contributed by atoms with Crippen molar-refractivity contribution in [1.29, 1.82) is 0 Å². The fraction of sp³-hybridized carbons (Fsp3) is 0.923. The second kappa shape index (κ2) is 6.60. The maximum absolute atomic E-state index is 12.3. The first-order valence-electron chi connectivity index (χ1n) is 7.54. The van der Waals surface area contributed by atoms with Gasteiger partial charge >= 0.3 is 5.97 Å². The molecule has 2 rings (SSSR count). The van der Waals surface area contributed by atoms with Gasteiger partial charge in [0.05, 0.1) is 0 Å². The van der Waals surface area contributed by atoms with Crippen molar-refractivity contribution in [2.45, 2.75) is 57.2 Å². The van der Waals surface area contributed by atoms with E-state index >= 15 is 0 Å². The fourth-order valence-corrected chi connectivity index (χ4v) is 4.25. The van der Waals surface area contributed by atoms with Gasteiger partial charge < -0.3 is 5.11 Å². The van der Waals surface area contributed by atoms with Crippen molar-refractivity contribution in [3.05, 3.63) is 0 Å². The number of rotatable bonds is 7. The molecule has 0 aromatic carbocycles. The normalized spacial score (nSPS) is 26.0. The molecule has 2 unspecified atom stereocenters. The Morgan fingerprint density at radius 3 is 2.62 bits per heavy atom. The van der Waals surface area contributed by atoms with Crippen LogP contribution in [0.5, 0.6) is 0 Å². The number of nitrogens with one attached hydrogen (secondary N) is 1. The summed E-state index contributed by atoms with van der Waals surface area (Å²) in [6.07, 6.45) is 4.18.